The van der Waals surface area contributed by atoms with Crippen LogP contribution >= 0.6 is 23.4 Å². The molecule has 1 rings (SSSR count). The molecule has 0 spiro atoms. The van der Waals surface area contributed by atoms with Gasteiger partial charge in [-0.1, -0.05) is 11.6 Å². The van der Waals surface area contributed by atoms with E-state index in [0.29, 0.717) is 6.42 Å². The van der Waals surface area contributed by atoms with Crippen molar-refractivity contribution in [2.75, 3.05) is 12.0 Å². The third kappa shape index (κ3) is 4.62. The standard InChI is InChI=1S/C11H15ClN2O4S2/c1-8(5-6-19-2)13-20(17,18)11-7-9(14(15)16)3-4-10(11)12/h3-4,7-8,13H,5-6H2,1-2H3. The summed E-state index contributed by atoms with van der Waals surface area (Å²) in [7, 11) is -3.87. The van der Waals surface area contributed by atoms with Crippen LogP contribution in [0.2, 0.25) is 5.02 Å². The average Bonchev–Trinajstić information content (AvgIpc) is 2.35. The third-order valence-corrected chi connectivity index (χ3v) is 5.24. The molecule has 0 aliphatic rings. The fourth-order valence-corrected chi connectivity index (χ4v) is 3.88. The number of thioether (sulfide) groups is 1. The number of non-ortho nitro benzene ring substituents is 1. The zero-order valence-corrected chi connectivity index (χ0v) is 13.4. The van der Waals surface area contributed by atoms with Crippen molar-refractivity contribution in [1.82, 2.24) is 4.72 Å². The van der Waals surface area contributed by atoms with E-state index in [1.54, 1.807) is 18.7 Å². The lowest BCUT2D eigenvalue weighted by Crippen LogP contribution is -2.33. The van der Waals surface area contributed by atoms with Crippen molar-refractivity contribution in [1.29, 1.82) is 0 Å². The van der Waals surface area contributed by atoms with Crippen molar-refractivity contribution in [3.8, 4) is 0 Å². The molecule has 0 saturated carbocycles. The highest BCUT2D eigenvalue weighted by atomic mass is 35.5. The lowest BCUT2D eigenvalue weighted by Gasteiger charge is -2.14. The zero-order chi connectivity index (χ0) is 15.3. The van der Waals surface area contributed by atoms with Gasteiger partial charge in [-0.2, -0.15) is 11.8 Å². The van der Waals surface area contributed by atoms with Gasteiger partial charge in [-0.3, -0.25) is 10.1 Å². The Morgan fingerprint density at radius 3 is 2.70 bits per heavy atom. The van der Waals surface area contributed by atoms with Gasteiger partial charge in [0.05, 0.1) is 9.95 Å². The van der Waals surface area contributed by atoms with E-state index in [-0.39, 0.29) is 21.6 Å². The van der Waals surface area contributed by atoms with Crippen LogP contribution in [-0.2, 0) is 10.0 Å². The fraction of sp³-hybridized carbons (Fsp3) is 0.455. The number of sulfonamides is 1. The average molecular weight is 339 g/mol. The fourth-order valence-electron chi connectivity index (χ4n) is 1.49. The first-order chi connectivity index (χ1) is 9.27. The number of nitrogens with zero attached hydrogens (tertiary/aromatic N) is 1. The molecule has 0 aromatic heterocycles. The van der Waals surface area contributed by atoms with Gasteiger partial charge < -0.3 is 0 Å². The smallest absolute Gasteiger partial charge is 0.258 e. The van der Waals surface area contributed by atoms with Gasteiger partial charge in [-0.05, 0) is 31.4 Å². The number of halogens is 1. The van der Waals surface area contributed by atoms with Gasteiger partial charge in [0.2, 0.25) is 10.0 Å². The molecule has 9 heteroatoms. The van der Waals surface area contributed by atoms with Gasteiger partial charge in [-0.25, -0.2) is 13.1 Å². The molecule has 112 valence electrons. The summed E-state index contributed by atoms with van der Waals surface area (Å²) in [4.78, 5) is 9.77. The van der Waals surface area contributed by atoms with Crippen LogP contribution in [0.5, 0.6) is 0 Å². The number of benzene rings is 1. The second-order valence-electron chi connectivity index (χ2n) is 4.18. The Morgan fingerprint density at radius 1 is 1.50 bits per heavy atom. The van der Waals surface area contributed by atoms with E-state index in [9.17, 15) is 18.5 Å². The first-order valence-corrected chi connectivity index (χ1v) is 8.98. The van der Waals surface area contributed by atoms with Gasteiger partial charge in [0.25, 0.3) is 5.69 Å². The van der Waals surface area contributed by atoms with Crippen molar-refractivity contribution in [2.45, 2.75) is 24.3 Å². The summed E-state index contributed by atoms with van der Waals surface area (Å²) in [6.07, 6.45) is 2.59. The largest absolute Gasteiger partial charge is 0.270 e. The second kappa shape index (κ2) is 7.26. The Morgan fingerprint density at radius 2 is 2.15 bits per heavy atom. The summed E-state index contributed by atoms with van der Waals surface area (Å²) >= 11 is 7.44. The van der Waals surface area contributed by atoms with Crippen molar-refractivity contribution < 1.29 is 13.3 Å². The Bertz CT molecular complexity index is 592. The molecule has 0 bridgehead atoms. The molecule has 6 nitrogen and oxygen atoms in total. The predicted octanol–water partition coefficient (Wildman–Crippen LogP) is 2.67. The van der Waals surface area contributed by atoms with Gasteiger partial charge >= 0.3 is 0 Å². The monoisotopic (exact) mass is 338 g/mol. The normalized spacial score (nSPS) is 13.2. The van der Waals surface area contributed by atoms with E-state index < -0.39 is 14.9 Å². The molecule has 1 N–H and O–H groups in total. The predicted molar refractivity (Wildman–Crippen MR) is 80.9 cm³/mol. The molecule has 1 atom stereocenters. The van der Waals surface area contributed by atoms with E-state index in [4.69, 9.17) is 11.6 Å². The second-order valence-corrected chi connectivity index (χ2v) is 7.25. The molecule has 20 heavy (non-hydrogen) atoms. The molecule has 0 radical (unpaired) electrons. The van der Waals surface area contributed by atoms with Crippen LogP contribution < -0.4 is 4.72 Å². The molecule has 0 fully saturated rings. The van der Waals surface area contributed by atoms with Gasteiger partial charge in [0, 0.05) is 18.2 Å². The Hall–Kier alpha value is -0.830. The minimum Gasteiger partial charge on any atom is -0.258 e. The SMILES string of the molecule is CSCCC(C)NS(=O)(=O)c1cc([N+](=O)[O-])ccc1Cl. The van der Waals surface area contributed by atoms with E-state index in [1.807, 2.05) is 6.26 Å². The topological polar surface area (TPSA) is 89.3 Å². The van der Waals surface area contributed by atoms with Gasteiger partial charge in [0.1, 0.15) is 4.90 Å². The third-order valence-electron chi connectivity index (χ3n) is 2.53. The summed E-state index contributed by atoms with van der Waals surface area (Å²) in [5.74, 6) is 0.812. The van der Waals surface area contributed by atoms with E-state index in [1.165, 1.54) is 12.1 Å². The molecule has 0 aliphatic carbocycles. The van der Waals surface area contributed by atoms with Crippen LogP contribution in [0, 0.1) is 10.1 Å². The van der Waals surface area contributed by atoms with E-state index in [0.717, 1.165) is 11.8 Å². The summed E-state index contributed by atoms with van der Waals surface area (Å²) in [5, 5.41) is 10.7. The maximum Gasteiger partial charge on any atom is 0.270 e. The molecule has 0 aliphatic heterocycles. The Labute approximate surface area is 127 Å². The van der Waals surface area contributed by atoms with Crippen LogP contribution in [-0.4, -0.2) is 31.4 Å². The van der Waals surface area contributed by atoms with Crippen LogP contribution in [0.25, 0.3) is 0 Å². The molecular formula is C11H15ClN2O4S2. The number of nitro groups is 1. The van der Waals surface area contributed by atoms with Crippen molar-refractivity contribution in [2.24, 2.45) is 0 Å². The van der Waals surface area contributed by atoms with E-state index in [2.05, 4.69) is 4.72 Å². The molecule has 0 heterocycles. The number of nitrogens with one attached hydrogen (secondary N) is 1. The summed E-state index contributed by atoms with van der Waals surface area (Å²) in [5.41, 5.74) is -0.313. The highest BCUT2D eigenvalue weighted by molar-refractivity contribution is 7.98. The molecule has 1 unspecified atom stereocenters. The van der Waals surface area contributed by atoms with Crippen molar-refractivity contribution >= 4 is 39.1 Å². The maximum absolute atomic E-state index is 12.2. The molecule has 1 aromatic carbocycles. The van der Waals surface area contributed by atoms with E-state index >= 15 is 0 Å². The summed E-state index contributed by atoms with van der Waals surface area (Å²) in [6, 6.07) is 3.06. The van der Waals surface area contributed by atoms with Crippen LogP contribution in [0.4, 0.5) is 5.69 Å². The minimum absolute atomic E-state index is 0.0415. The zero-order valence-electron chi connectivity index (χ0n) is 11.0. The first-order valence-electron chi connectivity index (χ1n) is 5.73. The van der Waals surface area contributed by atoms with Gasteiger partial charge in [0.15, 0.2) is 0 Å². The lowest BCUT2D eigenvalue weighted by atomic mass is 10.3. The number of nitro benzene ring substituents is 1. The minimum atomic E-state index is -3.87. The van der Waals surface area contributed by atoms with Crippen LogP contribution in [0.1, 0.15) is 13.3 Å². The highest BCUT2D eigenvalue weighted by Crippen LogP contribution is 2.26. The summed E-state index contributed by atoms with van der Waals surface area (Å²) in [6.45, 7) is 1.74. The van der Waals surface area contributed by atoms with Crippen LogP contribution in [0.3, 0.4) is 0 Å². The number of hydrogen-bond donors (Lipinski definition) is 1. The highest BCUT2D eigenvalue weighted by Gasteiger charge is 2.23. The summed E-state index contributed by atoms with van der Waals surface area (Å²) < 4.78 is 26.8. The molecular weight excluding hydrogens is 324 g/mol. The quantitative estimate of drug-likeness (QED) is 0.609. The maximum atomic E-state index is 12.2. The Kier molecular flexibility index (Phi) is 6.25. The molecule has 0 saturated heterocycles. The molecule has 0 amide bonds. The van der Waals surface area contributed by atoms with Gasteiger partial charge in [-0.15, -0.1) is 0 Å². The lowest BCUT2D eigenvalue weighted by molar-refractivity contribution is -0.385. The first kappa shape index (κ1) is 17.2. The number of rotatable bonds is 7. The Balaban J connectivity index is 3.03. The van der Waals surface area contributed by atoms with Crippen molar-refractivity contribution in [3.63, 3.8) is 0 Å². The van der Waals surface area contributed by atoms with Crippen molar-refractivity contribution in [3.05, 3.63) is 33.3 Å². The van der Waals surface area contributed by atoms with Crippen LogP contribution in [0.15, 0.2) is 23.1 Å². The number of hydrogen-bond acceptors (Lipinski definition) is 5. The molecule has 1 aromatic rings.